The number of ether oxygens (including phenoxy) is 2. The van der Waals surface area contributed by atoms with Crippen LogP contribution in [0.4, 0.5) is 4.79 Å². The number of ketones is 1. The molecule has 1 aliphatic carbocycles. The molecule has 1 aromatic carbocycles. The highest BCUT2D eigenvalue weighted by Crippen LogP contribution is 2.33. The number of benzene rings is 1. The lowest BCUT2D eigenvalue weighted by atomic mass is 9.90. The second-order valence-corrected chi connectivity index (χ2v) is 9.62. The molecule has 1 aromatic rings. The third kappa shape index (κ3) is 7.42. The van der Waals surface area contributed by atoms with Gasteiger partial charge in [-0.05, 0) is 43.9 Å². The van der Waals surface area contributed by atoms with Gasteiger partial charge in [-0.25, -0.2) is 4.79 Å². The molecular weight excluding hydrogens is 454 g/mol. The van der Waals surface area contributed by atoms with E-state index in [0.29, 0.717) is 24.7 Å². The van der Waals surface area contributed by atoms with Gasteiger partial charge in [-0.1, -0.05) is 37.8 Å². The van der Waals surface area contributed by atoms with Gasteiger partial charge in [0.25, 0.3) is 0 Å². The fourth-order valence-corrected chi connectivity index (χ4v) is 4.46. The van der Waals surface area contributed by atoms with E-state index in [9.17, 15) is 19.2 Å². The fraction of sp³-hybridized carbons (Fsp3) is 0.600. The molecule has 35 heavy (non-hydrogen) atoms. The molecule has 1 heterocycles. The number of carbonyl (C=O) groups is 4. The summed E-state index contributed by atoms with van der Waals surface area (Å²) >= 11 is 0. The molecule has 0 spiro atoms. The van der Waals surface area contributed by atoms with Gasteiger partial charge < -0.3 is 30.5 Å². The van der Waals surface area contributed by atoms with E-state index in [1.807, 2.05) is 0 Å². The zero-order chi connectivity index (χ0) is 25.6. The first kappa shape index (κ1) is 26.5. The minimum atomic E-state index is -1.34. The summed E-state index contributed by atoms with van der Waals surface area (Å²) in [5.41, 5.74) is -0.119. The molecule has 10 heteroatoms. The molecule has 1 aliphatic heterocycles. The van der Waals surface area contributed by atoms with Crippen molar-refractivity contribution >= 4 is 23.7 Å². The Morgan fingerprint density at radius 1 is 1.06 bits per heavy atom. The highest BCUT2D eigenvalue weighted by molar-refractivity contribution is 5.98. The van der Waals surface area contributed by atoms with E-state index in [0.717, 1.165) is 31.2 Å². The van der Waals surface area contributed by atoms with Gasteiger partial charge in [0.1, 0.15) is 23.4 Å². The Kier molecular flexibility index (Phi) is 8.71. The van der Waals surface area contributed by atoms with Gasteiger partial charge in [-0.3, -0.25) is 14.4 Å². The van der Waals surface area contributed by atoms with Crippen LogP contribution in [0.5, 0.6) is 5.75 Å². The summed E-state index contributed by atoms with van der Waals surface area (Å²) in [6.45, 7) is 3.44. The average molecular weight is 490 g/mol. The second kappa shape index (κ2) is 11.5. The second-order valence-electron chi connectivity index (χ2n) is 9.62. The predicted octanol–water partition coefficient (Wildman–Crippen LogP) is 1.80. The Bertz CT molecular complexity index is 923. The number of carboxylic acid groups (broad SMARTS) is 1. The van der Waals surface area contributed by atoms with E-state index in [1.54, 1.807) is 38.3 Å². The molecule has 4 N–H and O–H groups in total. The van der Waals surface area contributed by atoms with Gasteiger partial charge >= 0.3 is 6.09 Å². The van der Waals surface area contributed by atoms with Gasteiger partial charge in [0.2, 0.25) is 11.8 Å². The van der Waals surface area contributed by atoms with Crippen molar-refractivity contribution in [2.45, 2.75) is 76.1 Å². The van der Waals surface area contributed by atoms with E-state index in [-0.39, 0.29) is 12.2 Å². The summed E-state index contributed by atoms with van der Waals surface area (Å²) in [7, 11) is 1.55. The van der Waals surface area contributed by atoms with Crippen LogP contribution in [0, 0.1) is 5.92 Å². The summed E-state index contributed by atoms with van der Waals surface area (Å²) in [4.78, 5) is 50.1. The Morgan fingerprint density at radius 3 is 2.20 bits per heavy atom. The quantitative estimate of drug-likeness (QED) is 0.327. The molecule has 0 bridgehead atoms. The molecule has 1 saturated carbocycles. The maximum Gasteiger partial charge on any atom is 0.405 e. The van der Waals surface area contributed by atoms with E-state index in [4.69, 9.17) is 14.6 Å². The fourth-order valence-electron chi connectivity index (χ4n) is 4.46. The molecule has 2 aliphatic rings. The standard InChI is InChI=1S/C25H35N3O7/c1-15(26-24(32)33)22(30)28-20(13-17-8-10-18(34-3)11-9-17)23(31)27-19(12-16-6-4-5-7-16)21(29)25(2)14-35-25/h8-11,15-16,19-20,26H,4-7,12-14H2,1-3H3,(H,27,31)(H,28,30)(H,32,33)/t15-,19+,20+,25-/m1/s1. The normalized spacial score (nSPS) is 21.9. The van der Waals surface area contributed by atoms with Crippen LogP contribution in [0.15, 0.2) is 24.3 Å². The van der Waals surface area contributed by atoms with Crippen LogP contribution < -0.4 is 20.7 Å². The highest BCUT2D eigenvalue weighted by atomic mass is 16.6. The van der Waals surface area contributed by atoms with Gasteiger partial charge in [0.15, 0.2) is 5.78 Å². The lowest BCUT2D eigenvalue weighted by molar-refractivity contribution is -0.133. The molecule has 3 rings (SSSR count). The lowest BCUT2D eigenvalue weighted by Crippen LogP contribution is -2.57. The first-order chi connectivity index (χ1) is 16.6. The molecule has 0 aromatic heterocycles. The van der Waals surface area contributed by atoms with Crippen molar-refractivity contribution in [3.8, 4) is 5.75 Å². The zero-order valence-electron chi connectivity index (χ0n) is 20.5. The number of carbonyl (C=O) groups excluding carboxylic acids is 3. The summed E-state index contributed by atoms with van der Waals surface area (Å²) in [6.07, 6.45) is 3.59. The van der Waals surface area contributed by atoms with Crippen LogP contribution in [-0.4, -0.2) is 66.2 Å². The van der Waals surface area contributed by atoms with Gasteiger partial charge in [-0.15, -0.1) is 0 Å². The number of hydrogen-bond acceptors (Lipinski definition) is 6. The van der Waals surface area contributed by atoms with Crippen LogP contribution >= 0.6 is 0 Å². The van der Waals surface area contributed by atoms with Crippen molar-refractivity contribution < 1.29 is 33.8 Å². The van der Waals surface area contributed by atoms with Crippen molar-refractivity contribution in [3.05, 3.63) is 29.8 Å². The molecule has 1 saturated heterocycles. The Hall–Kier alpha value is -3.14. The number of rotatable bonds is 12. The number of nitrogens with one attached hydrogen (secondary N) is 3. The number of amides is 3. The van der Waals surface area contributed by atoms with Crippen molar-refractivity contribution in [2.24, 2.45) is 5.92 Å². The van der Waals surface area contributed by atoms with E-state index in [2.05, 4.69) is 16.0 Å². The highest BCUT2D eigenvalue weighted by Gasteiger charge is 2.50. The molecule has 4 atom stereocenters. The minimum Gasteiger partial charge on any atom is -0.497 e. The smallest absolute Gasteiger partial charge is 0.405 e. The van der Waals surface area contributed by atoms with Crippen LogP contribution in [0.3, 0.4) is 0 Å². The molecule has 3 amide bonds. The summed E-state index contributed by atoms with van der Waals surface area (Å²) < 4.78 is 10.5. The van der Waals surface area contributed by atoms with E-state index < -0.39 is 41.6 Å². The van der Waals surface area contributed by atoms with Crippen molar-refractivity contribution in [1.82, 2.24) is 16.0 Å². The number of epoxide rings is 1. The number of hydrogen-bond donors (Lipinski definition) is 4. The summed E-state index contributed by atoms with van der Waals surface area (Å²) in [5, 5.41) is 16.5. The van der Waals surface area contributed by atoms with Crippen LogP contribution in [-0.2, 0) is 25.5 Å². The largest absolute Gasteiger partial charge is 0.497 e. The Labute approximate surface area is 205 Å². The summed E-state index contributed by atoms with van der Waals surface area (Å²) in [6, 6.07) is 4.27. The first-order valence-electron chi connectivity index (χ1n) is 12.0. The third-order valence-electron chi connectivity index (χ3n) is 6.74. The van der Waals surface area contributed by atoms with Gasteiger partial charge in [0.05, 0.1) is 19.8 Å². The zero-order valence-corrected chi connectivity index (χ0v) is 20.5. The van der Waals surface area contributed by atoms with Gasteiger partial charge in [0, 0.05) is 6.42 Å². The van der Waals surface area contributed by atoms with Crippen LogP contribution in [0.25, 0.3) is 0 Å². The van der Waals surface area contributed by atoms with Crippen molar-refractivity contribution in [3.63, 3.8) is 0 Å². The van der Waals surface area contributed by atoms with Crippen LogP contribution in [0.1, 0.15) is 51.5 Å². The number of methoxy groups -OCH3 is 1. The first-order valence-corrected chi connectivity index (χ1v) is 12.0. The lowest BCUT2D eigenvalue weighted by Gasteiger charge is -2.26. The van der Waals surface area contributed by atoms with Crippen LogP contribution in [0.2, 0.25) is 0 Å². The summed E-state index contributed by atoms with van der Waals surface area (Å²) in [5.74, 6) is -0.304. The molecule has 192 valence electrons. The third-order valence-corrected chi connectivity index (χ3v) is 6.74. The molecule has 0 unspecified atom stereocenters. The minimum absolute atomic E-state index is 0.152. The monoisotopic (exact) mass is 489 g/mol. The predicted molar refractivity (Wildman–Crippen MR) is 127 cm³/mol. The average Bonchev–Trinajstić information content (AvgIpc) is 3.36. The number of Topliss-reactive ketones (excluding diaryl/α,β-unsaturated/α-hetero) is 1. The molecular formula is C25H35N3O7. The SMILES string of the molecule is COc1ccc(C[C@H](NC(=O)[C@@H](C)NC(=O)O)C(=O)N[C@@H](CC2CCCC2)C(=O)[C@@]2(C)CO2)cc1. The van der Waals surface area contributed by atoms with Gasteiger partial charge in [-0.2, -0.15) is 0 Å². The van der Waals surface area contributed by atoms with Crippen molar-refractivity contribution in [1.29, 1.82) is 0 Å². The Morgan fingerprint density at radius 2 is 1.66 bits per heavy atom. The molecule has 0 radical (unpaired) electrons. The molecule has 10 nitrogen and oxygen atoms in total. The van der Waals surface area contributed by atoms with E-state index in [1.165, 1.54) is 6.92 Å². The maximum atomic E-state index is 13.4. The molecule has 2 fully saturated rings. The topological polar surface area (TPSA) is 146 Å². The Balaban J connectivity index is 1.76. The van der Waals surface area contributed by atoms with E-state index >= 15 is 0 Å². The maximum absolute atomic E-state index is 13.4. The van der Waals surface area contributed by atoms with Crippen molar-refractivity contribution in [2.75, 3.05) is 13.7 Å².